The van der Waals surface area contributed by atoms with Gasteiger partial charge in [-0.25, -0.2) is 0 Å². The number of hydrogen-bond donors (Lipinski definition) is 1. The van der Waals surface area contributed by atoms with Crippen molar-refractivity contribution in [2.45, 2.75) is 51.4 Å². The van der Waals surface area contributed by atoms with E-state index in [4.69, 9.17) is 0 Å². The molecule has 1 aromatic rings. The number of aromatic hydroxyl groups is 1. The Kier molecular flexibility index (Phi) is 3.30. The van der Waals surface area contributed by atoms with E-state index in [0.717, 1.165) is 6.42 Å². The lowest BCUT2D eigenvalue weighted by molar-refractivity contribution is 0.460. The zero-order valence-electron chi connectivity index (χ0n) is 9.50. The summed E-state index contributed by atoms with van der Waals surface area (Å²) in [6.07, 6.45) is 7.45. The van der Waals surface area contributed by atoms with E-state index >= 15 is 0 Å². The van der Waals surface area contributed by atoms with Crippen molar-refractivity contribution in [1.29, 1.82) is 0 Å². The van der Waals surface area contributed by atoms with Crippen LogP contribution in [-0.2, 0) is 6.42 Å². The highest BCUT2D eigenvalue weighted by atomic mass is 16.3. The van der Waals surface area contributed by atoms with Gasteiger partial charge in [0, 0.05) is 0 Å². The lowest BCUT2D eigenvalue weighted by Crippen LogP contribution is -1.95. The van der Waals surface area contributed by atoms with Gasteiger partial charge in [0.2, 0.25) is 0 Å². The maximum atomic E-state index is 9.86. The zero-order valence-corrected chi connectivity index (χ0v) is 9.50. The molecule has 1 fully saturated rings. The van der Waals surface area contributed by atoms with Crippen LogP contribution < -0.4 is 0 Å². The van der Waals surface area contributed by atoms with Gasteiger partial charge < -0.3 is 5.11 Å². The van der Waals surface area contributed by atoms with E-state index in [9.17, 15) is 5.11 Å². The summed E-state index contributed by atoms with van der Waals surface area (Å²) in [6, 6.07) is 6.14. The first-order valence-corrected chi connectivity index (χ1v) is 6.13. The fraction of sp³-hybridized carbons (Fsp3) is 0.571. The normalized spacial score (nSPS) is 17.1. The van der Waals surface area contributed by atoms with E-state index in [2.05, 4.69) is 19.1 Å². The summed E-state index contributed by atoms with van der Waals surface area (Å²) in [6.45, 7) is 2.20. The van der Waals surface area contributed by atoms with Gasteiger partial charge in [-0.3, -0.25) is 0 Å². The van der Waals surface area contributed by atoms with Crippen molar-refractivity contribution < 1.29 is 5.11 Å². The zero-order chi connectivity index (χ0) is 10.7. The van der Waals surface area contributed by atoms with Crippen LogP contribution in [0.1, 0.15) is 56.1 Å². The van der Waals surface area contributed by atoms with Gasteiger partial charge in [-0.15, -0.1) is 0 Å². The number of aryl methyl sites for hydroxylation is 1. The second kappa shape index (κ2) is 4.69. The van der Waals surface area contributed by atoms with Crippen LogP contribution in [0.4, 0.5) is 0 Å². The largest absolute Gasteiger partial charge is 0.508 e. The quantitative estimate of drug-likeness (QED) is 0.789. The van der Waals surface area contributed by atoms with Gasteiger partial charge in [-0.1, -0.05) is 38.3 Å². The lowest BCUT2D eigenvalue weighted by atomic mass is 9.94. The number of benzene rings is 1. The third-order valence-electron chi connectivity index (χ3n) is 3.43. The molecule has 1 aromatic carbocycles. The van der Waals surface area contributed by atoms with Crippen LogP contribution in [0.3, 0.4) is 0 Å². The molecule has 0 atom stereocenters. The Labute approximate surface area is 92.1 Å². The van der Waals surface area contributed by atoms with E-state index in [0.29, 0.717) is 11.7 Å². The Hall–Kier alpha value is -0.980. The van der Waals surface area contributed by atoms with Crippen LogP contribution in [-0.4, -0.2) is 5.11 Å². The second-order valence-corrected chi connectivity index (χ2v) is 4.62. The van der Waals surface area contributed by atoms with Gasteiger partial charge in [-0.2, -0.15) is 0 Å². The van der Waals surface area contributed by atoms with Crippen molar-refractivity contribution in [2.24, 2.45) is 0 Å². The van der Waals surface area contributed by atoms with E-state index in [1.807, 2.05) is 6.07 Å². The Bertz CT molecular complexity index is 324. The minimum Gasteiger partial charge on any atom is -0.508 e. The highest BCUT2D eigenvalue weighted by molar-refractivity contribution is 5.39. The third kappa shape index (κ3) is 2.34. The van der Waals surface area contributed by atoms with Crippen LogP contribution in [0, 0.1) is 0 Å². The smallest absolute Gasteiger partial charge is 0.119 e. The molecule has 1 saturated carbocycles. The molecule has 1 aliphatic rings. The van der Waals surface area contributed by atoms with Crippen molar-refractivity contribution in [2.75, 3.05) is 0 Å². The molecular formula is C14H20O. The number of phenolic OH excluding ortho intramolecular Hbond substituents is 1. The average Bonchev–Trinajstić information content (AvgIpc) is 2.74. The maximum absolute atomic E-state index is 9.86. The molecule has 1 aliphatic carbocycles. The fourth-order valence-electron chi connectivity index (χ4n) is 2.61. The first-order chi connectivity index (χ1) is 7.31. The molecule has 0 bridgehead atoms. The van der Waals surface area contributed by atoms with Gasteiger partial charge in [0.05, 0.1) is 0 Å². The van der Waals surface area contributed by atoms with E-state index < -0.39 is 0 Å². The summed E-state index contributed by atoms with van der Waals surface area (Å²) in [5.74, 6) is 1.11. The van der Waals surface area contributed by atoms with Crippen molar-refractivity contribution in [1.82, 2.24) is 0 Å². The molecule has 1 N–H and O–H groups in total. The number of rotatable bonds is 3. The molecule has 0 unspecified atom stereocenters. The Morgan fingerprint density at radius 3 is 2.67 bits per heavy atom. The molecule has 0 radical (unpaired) electrons. The highest BCUT2D eigenvalue weighted by Gasteiger charge is 2.19. The molecule has 0 aliphatic heterocycles. The topological polar surface area (TPSA) is 20.2 Å². The van der Waals surface area contributed by atoms with E-state index in [1.165, 1.54) is 43.2 Å². The molecule has 0 spiro atoms. The molecule has 2 rings (SSSR count). The molecule has 15 heavy (non-hydrogen) atoms. The minimum absolute atomic E-state index is 0.502. The summed E-state index contributed by atoms with van der Waals surface area (Å²) >= 11 is 0. The Morgan fingerprint density at radius 2 is 2.00 bits per heavy atom. The first-order valence-electron chi connectivity index (χ1n) is 6.13. The number of phenols is 1. The van der Waals surface area contributed by atoms with Gasteiger partial charge in [0.15, 0.2) is 0 Å². The minimum atomic E-state index is 0.502. The Balaban J connectivity index is 2.23. The fourth-order valence-corrected chi connectivity index (χ4v) is 2.61. The predicted molar refractivity (Wildman–Crippen MR) is 63.3 cm³/mol. The molecule has 82 valence electrons. The second-order valence-electron chi connectivity index (χ2n) is 4.62. The molecule has 0 aromatic heterocycles. The van der Waals surface area contributed by atoms with Crippen LogP contribution >= 0.6 is 0 Å². The van der Waals surface area contributed by atoms with E-state index in [1.54, 1.807) is 0 Å². The van der Waals surface area contributed by atoms with Crippen molar-refractivity contribution in [3.63, 3.8) is 0 Å². The summed E-state index contributed by atoms with van der Waals surface area (Å²) in [5, 5.41) is 9.86. The summed E-state index contributed by atoms with van der Waals surface area (Å²) in [4.78, 5) is 0. The van der Waals surface area contributed by atoms with Crippen molar-refractivity contribution in [3.8, 4) is 5.75 Å². The molecular weight excluding hydrogens is 184 g/mol. The van der Waals surface area contributed by atoms with Crippen LogP contribution in [0.5, 0.6) is 5.75 Å². The maximum Gasteiger partial charge on any atom is 0.119 e. The lowest BCUT2D eigenvalue weighted by Gasteiger charge is -2.13. The van der Waals surface area contributed by atoms with Crippen LogP contribution in [0.2, 0.25) is 0 Å². The molecule has 1 nitrogen and oxygen atoms in total. The summed E-state index contributed by atoms with van der Waals surface area (Å²) in [5.41, 5.74) is 2.57. The van der Waals surface area contributed by atoms with Gasteiger partial charge in [0.25, 0.3) is 0 Å². The summed E-state index contributed by atoms with van der Waals surface area (Å²) in [7, 11) is 0. The molecule has 1 heteroatoms. The van der Waals surface area contributed by atoms with Crippen LogP contribution in [0.15, 0.2) is 18.2 Å². The van der Waals surface area contributed by atoms with Crippen molar-refractivity contribution in [3.05, 3.63) is 29.3 Å². The standard InChI is InChI=1S/C14H20O/c1-2-5-11-8-9-14(15)13(10-11)12-6-3-4-7-12/h8-10,12,15H,2-7H2,1H3. The van der Waals surface area contributed by atoms with Gasteiger partial charge in [-0.05, 0) is 42.4 Å². The Morgan fingerprint density at radius 1 is 1.27 bits per heavy atom. The first kappa shape index (κ1) is 10.5. The predicted octanol–water partition coefficient (Wildman–Crippen LogP) is 4.00. The summed E-state index contributed by atoms with van der Waals surface area (Å²) < 4.78 is 0. The highest BCUT2D eigenvalue weighted by Crippen LogP contribution is 2.38. The average molecular weight is 204 g/mol. The van der Waals surface area contributed by atoms with Gasteiger partial charge >= 0.3 is 0 Å². The SMILES string of the molecule is CCCc1ccc(O)c(C2CCCC2)c1. The molecule has 0 heterocycles. The van der Waals surface area contributed by atoms with Crippen LogP contribution in [0.25, 0.3) is 0 Å². The van der Waals surface area contributed by atoms with Crippen molar-refractivity contribution >= 4 is 0 Å². The molecule has 0 amide bonds. The molecule has 0 saturated heterocycles. The number of hydrogen-bond acceptors (Lipinski definition) is 1. The van der Waals surface area contributed by atoms with Gasteiger partial charge in [0.1, 0.15) is 5.75 Å². The monoisotopic (exact) mass is 204 g/mol. The third-order valence-corrected chi connectivity index (χ3v) is 3.43. The van der Waals surface area contributed by atoms with E-state index in [-0.39, 0.29) is 0 Å².